The van der Waals surface area contributed by atoms with Crippen molar-refractivity contribution >= 4 is 0 Å². The third-order valence-corrected chi connectivity index (χ3v) is 2.12. The summed E-state index contributed by atoms with van der Waals surface area (Å²) in [5, 5.41) is 3.51. The standard InChI is InChI=1S/C13H30N2/c1-12(2,3)11-15(7)10-8-9-14-13(4,5)6/h14H,8-11H2,1-7H3. The highest BCUT2D eigenvalue weighted by molar-refractivity contribution is 4.71. The molecule has 0 radical (unpaired) electrons. The van der Waals surface area contributed by atoms with Crippen molar-refractivity contribution in [1.29, 1.82) is 0 Å². The first-order chi connectivity index (χ1) is 6.60. The topological polar surface area (TPSA) is 15.3 Å². The first-order valence-electron chi connectivity index (χ1n) is 6.04. The lowest BCUT2D eigenvalue weighted by Gasteiger charge is -2.27. The number of rotatable bonds is 5. The molecule has 2 heteroatoms. The van der Waals surface area contributed by atoms with Gasteiger partial charge in [0, 0.05) is 12.1 Å². The largest absolute Gasteiger partial charge is 0.312 e. The molecule has 0 heterocycles. The summed E-state index contributed by atoms with van der Waals surface area (Å²) in [5.74, 6) is 0. The van der Waals surface area contributed by atoms with Gasteiger partial charge in [0.2, 0.25) is 0 Å². The second-order valence-corrected chi connectivity index (χ2v) is 6.83. The van der Waals surface area contributed by atoms with Crippen LogP contribution < -0.4 is 5.32 Å². The van der Waals surface area contributed by atoms with E-state index in [0.717, 1.165) is 6.54 Å². The van der Waals surface area contributed by atoms with Crippen LogP contribution in [0.3, 0.4) is 0 Å². The SMILES string of the molecule is CN(CCCNC(C)(C)C)CC(C)(C)C. The molecule has 0 aliphatic rings. The van der Waals surface area contributed by atoms with Crippen molar-refractivity contribution in [1.82, 2.24) is 10.2 Å². The summed E-state index contributed by atoms with van der Waals surface area (Å²) in [4.78, 5) is 2.42. The number of hydrogen-bond acceptors (Lipinski definition) is 2. The molecule has 0 saturated carbocycles. The molecule has 0 atom stereocenters. The molecule has 0 fully saturated rings. The summed E-state index contributed by atoms with van der Waals surface area (Å²) in [6.07, 6.45) is 1.23. The van der Waals surface area contributed by atoms with Gasteiger partial charge in [-0.3, -0.25) is 0 Å². The third-order valence-electron chi connectivity index (χ3n) is 2.12. The van der Waals surface area contributed by atoms with E-state index < -0.39 is 0 Å². The van der Waals surface area contributed by atoms with Crippen molar-refractivity contribution in [2.24, 2.45) is 5.41 Å². The fourth-order valence-corrected chi connectivity index (χ4v) is 1.70. The van der Waals surface area contributed by atoms with Gasteiger partial charge in [-0.2, -0.15) is 0 Å². The summed E-state index contributed by atoms with van der Waals surface area (Å²) in [6, 6.07) is 0. The summed E-state index contributed by atoms with van der Waals surface area (Å²) >= 11 is 0. The summed E-state index contributed by atoms with van der Waals surface area (Å²) < 4.78 is 0. The highest BCUT2D eigenvalue weighted by Crippen LogP contribution is 2.13. The average molecular weight is 214 g/mol. The molecule has 0 aromatic carbocycles. The molecule has 0 bridgehead atoms. The molecule has 92 valence electrons. The van der Waals surface area contributed by atoms with Crippen LogP contribution in [0.1, 0.15) is 48.0 Å². The Labute approximate surface area is 96.4 Å². The molecule has 1 N–H and O–H groups in total. The van der Waals surface area contributed by atoms with E-state index in [9.17, 15) is 0 Å². The van der Waals surface area contributed by atoms with Crippen LogP contribution in [0.15, 0.2) is 0 Å². The molecule has 0 aromatic rings. The van der Waals surface area contributed by atoms with Crippen molar-refractivity contribution in [3.8, 4) is 0 Å². The van der Waals surface area contributed by atoms with Crippen LogP contribution in [0.25, 0.3) is 0 Å². The van der Waals surface area contributed by atoms with E-state index in [-0.39, 0.29) is 5.54 Å². The Morgan fingerprint density at radius 1 is 1.00 bits per heavy atom. The van der Waals surface area contributed by atoms with E-state index in [1.54, 1.807) is 0 Å². The Hall–Kier alpha value is -0.0800. The van der Waals surface area contributed by atoms with Gasteiger partial charge in [-0.1, -0.05) is 20.8 Å². The molecule has 2 nitrogen and oxygen atoms in total. The van der Waals surface area contributed by atoms with Gasteiger partial charge < -0.3 is 10.2 Å². The molecule has 0 aliphatic heterocycles. The van der Waals surface area contributed by atoms with Crippen LogP contribution in [0.5, 0.6) is 0 Å². The Kier molecular flexibility index (Phi) is 5.82. The second-order valence-electron chi connectivity index (χ2n) is 6.83. The maximum atomic E-state index is 3.51. The highest BCUT2D eigenvalue weighted by atomic mass is 15.1. The molecule has 0 unspecified atom stereocenters. The molecule has 0 rings (SSSR count). The Bertz CT molecular complexity index is 162. The van der Waals surface area contributed by atoms with Gasteiger partial charge in [-0.15, -0.1) is 0 Å². The van der Waals surface area contributed by atoms with Crippen molar-refractivity contribution < 1.29 is 0 Å². The molecular weight excluding hydrogens is 184 g/mol. The monoisotopic (exact) mass is 214 g/mol. The zero-order chi connectivity index (χ0) is 12.1. The Morgan fingerprint density at radius 2 is 1.53 bits per heavy atom. The van der Waals surface area contributed by atoms with Gasteiger partial charge in [-0.25, -0.2) is 0 Å². The maximum absolute atomic E-state index is 3.51. The molecule has 0 aliphatic carbocycles. The molecule has 0 saturated heterocycles. The van der Waals surface area contributed by atoms with Crippen molar-refractivity contribution in [2.45, 2.75) is 53.5 Å². The number of nitrogens with zero attached hydrogens (tertiary/aromatic N) is 1. The van der Waals surface area contributed by atoms with Crippen LogP contribution in [-0.4, -0.2) is 37.1 Å². The molecule has 0 aromatic heterocycles. The summed E-state index contributed by atoms with van der Waals surface area (Å²) in [6.45, 7) is 17.0. The summed E-state index contributed by atoms with van der Waals surface area (Å²) in [5.41, 5.74) is 0.662. The smallest absolute Gasteiger partial charge is 0.00965 e. The van der Waals surface area contributed by atoms with Crippen LogP contribution in [-0.2, 0) is 0 Å². The molecule has 0 spiro atoms. The first-order valence-corrected chi connectivity index (χ1v) is 6.04. The second kappa shape index (κ2) is 5.86. The minimum atomic E-state index is 0.253. The molecule has 0 amide bonds. The van der Waals surface area contributed by atoms with E-state index in [2.05, 4.69) is 58.8 Å². The van der Waals surface area contributed by atoms with Gasteiger partial charge in [0.15, 0.2) is 0 Å². The highest BCUT2D eigenvalue weighted by Gasteiger charge is 2.13. The van der Waals surface area contributed by atoms with E-state index in [1.165, 1.54) is 19.5 Å². The normalized spacial score (nSPS) is 13.6. The summed E-state index contributed by atoms with van der Waals surface area (Å²) in [7, 11) is 2.21. The van der Waals surface area contributed by atoms with E-state index in [1.807, 2.05) is 0 Å². The van der Waals surface area contributed by atoms with E-state index in [4.69, 9.17) is 0 Å². The van der Waals surface area contributed by atoms with Crippen molar-refractivity contribution in [3.05, 3.63) is 0 Å². The molecular formula is C13H30N2. The number of nitrogens with one attached hydrogen (secondary N) is 1. The van der Waals surface area contributed by atoms with Crippen molar-refractivity contribution in [2.75, 3.05) is 26.7 Å². The Balaban J connectivity index is 3.52. The zero-order valence-corrected chi connectivity index (χ0v) is 11.8. The minimum absolute atomic E-state index is 0.253. The maximum Gasteiger partial charge on any atom is 0.00965 e. The lowest BCUT2D eigenvalue weighted by atomic mass is 9.96. The van der Waals surface area contributed by atoms with Crippen LogP contribution >= 0.6 is 0 Å². The van der Waals surface area contributed by atoms with Gasteiger partial charge in [0.25, 0.3) is 0 Å². The minimum Gasteiger partial charge on any atom is -0.312 e. The van der Waals surface area contributed by atoms with Crippen molar-refractivity contribution in [3.63, 3.8) is 0 Å². The number of hydrogen-bond donors (Lipinski definition) is 1. The lowest BCUT2D eigenvalue weighted by molar-refractivity contribution is 0.222. The van der Waals surface area contributed by atoms with Gasteiger partial charge in [0.1, 0.15) is 0 Å². The fraction of sp³-hybridized carbons (Fsp3) is 1.00. The van der Waals surface area contributed by atoms with Crippen LogP contribution in [0.2, 0.25) is 0 Å². The molecule has 15 heavy (non-hydrogen) atoms. The quantitative estimate of drug-likeness (QED) is 0.708. The van der Waals surface area contributed by atoms with Crippen LogP contribution in [0.4, 0.5) is 0 Å². The first kappa shape index (κ1) is 14.9. The van der Waals surface area contributed by atoms with Crippen LogP contribution in [0, 0.1) is 5.41 Å². The Morgan fingerprint density at radius 3 is 1.93 bits per heavy atom. The lowest BCUT2D eigenvalue weighted by Crippen LogP contribution is -2.38. The average Bonchev–Trinajstić information content (AvgIpc) is 1.92. The predicted octanol–water partition coefficient (Wildman–Crippen LogP) is 2.74. The third kappa shape index (κ3) is 11.8. The van der Waals surface area contributed by atoms with Gasteiger partial charge in [0.05, 0.1) is 0 Å². The van der Waals surface area contributed by atoms with Gasteiger partial charge in [-0.05, 0) is 52.7 Å². The van der Waals surface area contributed by atoms with E-state index in [0.29, 0.717) is 5.41 Å². The predicted molar refractivity (Wildman–Crippen MR) is 69.3 cm³/mol. The van der Waals surface area contributed by atoms with Gasteiger partial charge >= 0.3 is 0 Å². The zero-order valence-electron chi connectivity index (χ0n) is 11.8. The fourth-order valence-electron chi connectivity index (χ4n) is 1.70. The van der Waals surface area contributed by atoms with E-state index >= 15 is 0 Å².